The van der Waals surface area contributed by atoms with E-state index >= 15 is 0 Å². The van der Waals surface area contributed by atoms with Crippen molar-refractivity contribution < 1.29 is 94.2 Å². The molecule has 0 nitrogen and oxygen atoms in total. The second-order valence-electron chi connectivity index (χ2n) is 0. The third-order valence-electron chi connectivity index (χ3n) is 0. The summed E-state index contributed by atoms with van der Waals surface area (Å²) in [5, 5.41) is 0. The van der Waals surface area contributed by atoms with Crippen LogP contribution < -0.4 is 0 Å². The molecule has 5 heavy (non-hydrogen) atoms. The molecule has 28 valence electrons. The van der Waals surface area contributed by atoms with Crippen molar-refractivity contribution in [1.29, 1.82) is 0 Å². The summed E-state index contributed by atoms with van der Waals surface area (Å²) in [6, 6.07) is 0. The van der Waals surface area contributed by atoms with Crippen LogP contribution >= 0.6 is 0 Å². The maximum absolute atomic E-state index is 0. The first-order valence-corrected chi connectivity index (χ1v) is 0. The van der Waals surface area contributed by atoms with E-state index in [0.29, 0.717) is 0 Å². The van der Waals surface area contributed by atoms with E-state index in [9.17, 15) is 0 Å². The summed E-state index contributed by atoms with van der Waals surface area (Å²) in [5.74, 6) is 0. The van der Waals surface area contributed by atoms with E-state index in [4.69, 9.17) is 0 Å². The molecule has 2 radical (unpaired) electrons. The summed E-state index contributed by atoms with van der Waals surface area (Å²) in [7, 11) is 0. The number of rotatable bonds is 0. The van der Waals surface area contributed by atoms with E-state index in [1.807, 2.05) is 0 Å². The fourth-order valence-corrected chi connectivity index (χ4v) is 0. The smallest absolute Gasteiger partial charge is 0 e. The third kappa shape index (κ3) is 19.5. The average Bonchev–Trinajstić information content (AvgIpc) is 0. The normalized spacial score (nSPS) is 0. The summed E-state index contributed by atoms with van der Waals surface area (Å²) in [4.78, 5) is 0. The second-order valence-corrected chi connectivity index (χ2v) is 0. The van der Waals surface area contributed by atoms with Crippen LogP contribution in [0.15, 0.2) is 0 Å². The Hall–Kier alpha value is 2.97. The quantitative estimate of drug-likeness (QED) is 0.547. The molecular formula is CrCuTiVZn. The van der Waals surface area contributed by atoms with Crippen molar-refractivity contribution in [3.8, 4) is 0 Å². The Morgan fingerprint density at radius 1 is 1.00 bits per heavy atom. The van der Waals surface area contributed by atoms with Crippen LogP contribution in [-0.2, 0) is 94.2 Å². The van der Waals surface area contributed by atoms with Crippen LogP contribution in [0.4, 0.5) is 0 Å². The maximum atomic E-state index is 0. The third-order valence-corrected chi connectivity index (χ3v) is 0. The molecule has 0 aliphatic carbocycles. The van der Waals surface area contributed by atoms with E-state index in [1.165, 1.54) is 0 Å². The maximum Gasteiger partial charge on any atom is 0 e. The summed E-state index contributed by atoms with van der Waals surface area (Å²) < 4.78 is 0. The molecule has 0 saturated heterocycles. The summed E-state index contributed by atoms with van der Waals surface area (Å²) in [5.41, 5.74) is 0. The van der Waals surface area contributed by atoms with Gasteiger partial charge in [0.05, 0.1) is 0 Å². The van der Waals surface area contributed by atoms with E-state index < -0.39 is 0 Å². The molecule has 0 atom stereocenters. The second kappa shape index (κ2) is 28.1. The van der Waals surface area contributed by atoms with Gasteiger partial charge >= 0.3 is 0 Å². The van der Waals surface area contributed by atoms with Gasteiger partial charge in [0, 0.05) is 94.2 Å². The first kappa shape index (κ1) is 43.8. The number of hydrogen-bond acceptors (Lipinski definition) is 0. The molecule has 0 aliphatic rings. The van der Waals surface area contributed by atoms with Gasteiger partial charge in [-0.15, -0.1) is 0 Å². The largest absolute Gasteiger partial charge is 0 e. The standard InChI is InChI=1S/Cr.Cu.Ti.V.Zn. The van der Waals surface area contributed by atoms with Gasteiger partial charge in [-0.3, -0.25) is 0 Å². The van der Waals surface area contributed by atoms with E-state index in [0.717, 1.165) is 0 Å². The van der Waals surface area contributed by atoms with Crippen LogP contribution in [0.3, 0.4) is 0 Å². The minimum Gasteiger partial charge on any atom is 0 e. The molecule has 0 aromatic heterocycles. The van der Waals surface area contributed by atoms with Gasteiger partial charge in [0.15, 0.2) is 0 Å². The van der Waals surface area contributed by atoms with Gasteiger partial charge in [-0.05, 0) is 0 Å². The summed E-state index contributed by atoms with van der Waals surface area (Å²) in [6.07, 6.45) is 0. The van der Waals surface area contributed by atoms with Crippen molar-refractivity contribution in [3.05, 3.63) is 0 Å². The summed E-state index contributed by atoms with van der Waals surface area (Å²) >= 11 is 0. The monoisotopic (exact) mass is 278 g/mol. The van der Waals surface area contributed by atoms with Crippen LogP contribution in [0.2, 0.25) is 0 Å². The topological polar surface area (TPSA) is 0 Å². The average molecular weight is 280 g/mol. The Labute approximate surface area is 92.7 Å². The zero-order valence-electron chi connectivity index (χ0n) is 2.36. The molecule has 0 aromatic rings. The molecule has 0 unspecified atom stereocenters. The molecule has 0 aliphatic heterocycles. The fourth-order valence-electron chi connectivity index (χ4n) is 0. The Bertz CT molecular complexity index is 11.6. The van der Waals surface area contributed by atoms with Crippen LogP contribution in [0.5, 0.6) is 0 Å². The number of hydrogen-bond donors (Lipinski definition) is 0. The Balaban J connectivity index is 0. The predicted octanol–water partition coefficient (Wildman–Crippen LogP) is -0.0125. The van der Waals surface area contributed by atoms with Crippen LogP contribution in [-0.4, -0.2) is 0 Å². The van der Waals surface area contributed by atoms with Gasteiger partial charge in [-0.25, -0.2) is 0 Å². The van der Waals surface area contributed by atoms with Gasteiger partial charge in [-0.2, -0.15) is 0 Å². The first-order valence-electron chi connectivity index (χ1n) is 0. The molecule has 0 aromatic carbocycles. The van der Waals surface area contributed by atoms with Crippen molar-refractivity contribution in [2.24, 2.45) is 0 Å². The zero-order chi connectivity index (χ0) is 0. The van der Waals surface area contributed by atoms with Gasteiger partial charge in [-0.1, -0.05) is 0 Å². The van der Waals surface area contributed by atoms with Crippen molar-refractivity contribution in [2.45, 2.75) is 0 Å². The van der Waals surface area contributed by atoms with Crippen molar-refractivity contribution in [1.82, 2.24) is 0 Å². The van der Waals surface area contributed by atoms with Crippen LogP contribution in [0.25, 0.3) is 0 Å². The fraction of sp³-hybridized carbons (Fsp3) is 0. The SMILES string of the molecule is [Cr].[Cu].[Ti].[V].[Zn]. The molecule has 0 bridgehead atoms. The minimum atomic E-state index is 0. The van der Waals surface area contributed by atoms with E-state index in [1.54, 1.807) is 0 Å². The minimum absolute atomic E-state index is 0. The van der Waals surface area contributed by atoms with Crippen LogP contribution in [0, 0.1) is 0 Å². The van der Waals surface area contributed by atoms with Gasteiger partial charge in [0.1, 0.15) is 0 Å². The van der Waals surface area contributed by atoms with Gasteiger partial charge in [0.2, 0.25) is 0 Å². The van der Waals surface area contributed by atoms with E-state index in [2.05, 4.69) is 0 Å². The molecule has 0 amide bonds. The van der Waals surface area contributed by atoms with Gasteiger partial charge < -0.3 is 0 Å². The Kier molecular flexibility index (Phi) is 247. The zero-order valence-corrected chi connectivity index (χ0v) is 10.5. The molecule has 5 heteroatoms. The molecule has 0 N–H and O–H groups in total. The molecular weight excluding hydrogens is 280 g/mol. The van der Waals surface area contributed by atoms with Crippen molar-refractivity contribution in [2.75, 3.05) is 0 Å². The van der Waals surface area contributed by atoms with Gasteiger partial charge in [0.25, 0.3) is 0 Å². The molecule has 0 heterocycles. The molecule has 0 saturated carbocycles. The van der Waals surface area contributed by atoms with Crippen LogP contribution in [0.1, 0.15) is 0 Å². The van der Waals surface area contributed by atoms with Crippen molar-refractivity contribution >= 4 is 0 Å². The first-order chi connectivity index (χ1) is 0. The molecule has 0 spiro atoms. The molecule has 0 fully saturated rings. The van der Waals surface area contributed by atoms with Crippen molar-refractivity contribution in [3.63, 3.8) is 0 Å². The van der Waals surface area contributed by atoms with E-state index in [-0.39, 0.29) is 94.2 Å². The Morgan fingerprint density at radius 2 is 1.00 bits per heavy atom. The predicted molar refractivity (Wildman–Crippen MR) is 0 cm³/mol. The summed E-state index contributed by atoms with van der Waals surface area (Å²) in [6.45, 7) is 0. The molecule has 0 rings (SSSR count). The Morgan fingerprint density at radius 3 is 1.00 bits per heavy atom.